The summed E-state index contributed by atoms with van der Waals surface area (Å²) in [5.41, 5.74) is 22.4. The maximum atomic E-state index is 15.4. The lowest BCUT2D eigenvalue weighted by atomic mass is 10.00. The van der Waals surface area contributed by atoms with Crippen LogP contribution in [0.4, 0.5) is 0 Å². The molecule has 0 aliphatic carbocycles. The Labute approximate surface area is 679 Å². The van der Waals surface area contributed by atoms with Gasteiger partial charge in [-0.25, -0.2) is 4.79 Å². The highest BCUT2D eigenvalue weighted by atomic mass is 16.4. The molecule has 624 valence electrons. The molecule has 118 heavy (non-hydrogen) atoms. The second-order valence-corrected chi connectivity index (χ2v) is 29.9. The third-order valence-corrected chi connectivity index (χ3v) is 21.7. The topological polar surface area (TPSA) is 548 Å². The van der Waals surface area contributed by atoms with E-state index >= 15 is 14.4 Å². The molecular formula is C83H103N21O14. The van der Waals surface area contributed by atoms with E-state index in [-0.39, 0.29) is 102 Å². The molecule has 0 bridgehead atoms. The number of nitrogens with two attached hydrogens (primary N) is 3. The molecule has 11 amide bonds. The summed E-state index contributed by atoms with van der Waals surface area (Å²) in [6.45, 7) is -0.752. The Balaban J connectivity index is 0.776. The molecule has 3 aliphatic rings. The summed E-state index contributed by atoms with van der Waals surface area (Å²) in [6, 6.07) is 24.5. The van der Waals surface area contributed by atoms with Crippen LogP contribution in [0, 0.1) is 10.8 Å². The fraction of sp³-hybridized carbons (Fsp3) is 0.398. The zero-order valence-electron chi connectivity index (χ0n) is 65.2. The Kier molecular flexibility index (Phi) is 29.7. The summed E-state index contributed by atoms with van der Waals surface area (Å²) in [5, 5.41) is 66.1. The molecule has 6 heterocycles. The average Bonchev–Trinajstić information content (AvgIpc) is 1.65. The van der Waals surface area contributed by atoms with Crippen molar-refractivity contribution in [2.75, 3.05) is 45.9 Å². The summed E-state index contributed by atoms with van der Waals surface area (Å²) in [7, 11) is 0. The van der Waals surface area contributed by atoms with Gasteiger partial charge in [0.15, 0.2) is 11.9 Å². The molecule has 23 N–H and O–H groups in total. The monoisotopic (exact) mass is 1620 g/mol. The number of guanidine groups is 2. The predicted octanol–water partition coefficient (Wildman–Crippen LogP) is 0.0573. The number of fused-ring (bicyclic) bond motifs is 3. The minimum atomic E-state index is -1.69. The molecule has 35 nitrogen and oxygen atoms in total. The molecule has 3 aliphatic heterocycles. The molecule has 35 heteroatoms. The van der Waals surface area contributed by atoms with Crippen molar-refractivity contribution < 1.29 is 67.7 Å². The summed E-state index contributed by atoms with van der Waals surface area (Å²) in [4.78, 5) is 187. The number of carbonyl (C=O) groups is 12. The van der Waals surface area contributed by atoms with Crippen LogP contribution in [0.1, 0.15) is 92.0 Å². The van der Waals surface area contributed by atoms with Gasteiger partial charge in [0.2, 0.25) is 65.0 Å². The quantitative estimate of drug-likeness (QED) is 0.0138. The van der Waals surface area contributed by atoms with Crippen molar-refractivity contribution >= 4 is 116 Å². The van der Waals surface area contributed by atoms with E-state index in [4.69, 9.17) is 28.0 Å². The van der Waals surface area contributed by atoms with E-state index < -0.39 is 151 Å². The van der Waals surface area contributed by atoms with Gasteiger partial charge in [-0.05, 0) is 110 Å². The van der Waals surface area contributed by atoms with Crippen molar-refractivity contribution in [3.63, 3.8) is 0 Å². The minimum absolute atomic E-state index is 0.0347. The van der Waals surface area contributed by atoms with E-state index in [2.05, 4.69) is 68.1 Å². The number of benzene rings is 5. The number of likely N-dealkylation sites (tertiary alicyclic amines) is 3. The van der Waals surface area contributed by atoms with E-state index in [1.165, 1.54) is 14.7 Å². The van der Waals surface area contributed by atoms with E-state index in [1.54, 1.807) is 91.4 Å². The first kappa shape index (κ1) is 85.7. The fourth-order valence-corrected chi connectivity index (χ4v) is 15.6. The highest BCUT2D eigenvalue weighted by Crippen LogP contribution is 2.28. The van der Waals surface area contributed by atoms with Crippen LogP contribution >= 0.6 is 0 Å². The molecule has 3 fully saturated rings. The minimum Gasteiger partial charge on any atom is -0.480 e. The number of carbonyl (C=O) groups excluding carboxylic acids is 11. The van der Waals surface area contributed by atoms with E-state index in [1.807, 2.05) is 60.7 Å². The van der Waals surface area contributed by atoms with Gasteiger partial charge in [0, 0.05) is 116 Å². The van der Waals surface area contributed by atoms with Gasteiger partial charge in [0.1, 0.15) is 60.4 Å². The molecule has 0 saturated carbocycles. The van der Waals surface area contributed by atoms with Gasteiger partial charge in [-0.15, -0.1) is 0 Å². The second-order valence-electron chi connectivity index (χ2n) is 29.9. The Morgan fingerprint density at radius 3 is 1.28 bits per heavy atom. The summed E-state index contributed by atoms with van der Waals surface area (Å²) >= 11 is 0. The highest BCUT2D eigenvalue weighted by molar-refractivity contribution is 6.01. The number of amides is 11. The largest absolute Gasteiger partial charge is 0.480 e. The van der Waals surface area contributed by atoms with E-state index in [0.717, 1.165) is 21.8 Å². The summed E-state index contributed by atoms with van der Waals surface area (Å²) in [5.74, 6) is -10.3. The van der Waals surface area contributed by atoms with Crippen LogP contribution in [0.2, 0.25) is 0 Å². The third kappa shape index (κ3) is 22.5. The number of aliphatic hydroxyl groups is 1. The van der Waals surface area contributed by atoms with Crippen molar-refractivity contribution in [2.24, 2.45) is 17.2 Å². The predicted molar refractivity (Wildman–Crippen MR) is 438 cm³/mol. The lowest BCUT2D eigenvalue weighted by Crippen LogP contribution is -2.61. The number of aromatic amines is 3. The molecule has 8 aromatic rings. The number of carboxylic acids is 1. The van der Waals surface area contributed by atoms with Crippen LogP contribution in [-0.2, 0) is 89.6 Å². The highest BCUT2D eigenvalue weighted by Gasteiger charge is 2.45. The van der Waals surface area contributed by atoms with Crippen LogP contribution in [0.5, 0.6) is 0 Å². The van der Waals surface area contributed by atoms with Gasteiger partial charge in [0.05, 0.1) is 19.2 Å². The van der Waals surface area contributed by atoms with Crippen LogP contribution in [0.15, 0.2) is 152 Å². The molecular weight excluding hydrogens is 1520 g/mol. The number of nitrogens with one attached hydrogen (secondary N) is 15. The normalized spacial score (nSPS) is 17.2. The zero-order chi connectivity index (χ0) is 83.9. The first-order valence-electron chi connectivity index (χ1n) is 39.7. The number of aliphatic hydroxyl groups excluding tert-OH is 1. The molecule has 5 aromatic carbocycles. The smallest absolute Gasteiger partial charge is 0.326 e. The average molecular weight is 1620 g/mol. The van der Waals surface area contributed by atoms with Gasteiger partial charge < -0.3 is 110 Å². The van der Waals surface area contributed by atoms with Gasteiger partial charge >= 0.3 is 5.97 Å². The number of nitrogens with zero attached hydrogens (tertiary/aromatic N) is 3. The van der Waals surface area contributed by atoms with Crippen molar-refractivity contribution in [3.05, 3.63) is 180 Å². The van der Waals surface area contributed by atoms with Crippen molar-refractivity contribution in [1.82, 2.24) is 82.8 Å². The maximum absolute atomic E-state index is 15.4. The van der Waals surface area contributed by atoms with Gasteiger partial charge in [-0.3, -0.25) is 63.6 Å². The molecule has 3 saturated heterocycles. The van der Waals surface area contributed by atoms with Gasteiger partial charge in [0.25, 0.3) is 0 Å². The van der Waals surface area contributed by atoms with Crippen molar-refractivity contribution in [2.45, 2.75) is 163 Å². The van der Waals surface area contributed by atoms with Crippen molar-refractivity contribution in [1.29, 1.82) is 10.8 Å². The summed E-state index contributed by atoms with van der Waals surface area (Å²) in [6.07, 6.45) is 6.90. The van der Waals surface area contributed by atoms with Crippen molar-refractivity contribution in [3.8, 4) is 0 Å². The number of rotatable bonds is 39. The molecule has 3 aromatic heterocycles. The summed E-state index contributed by atoms with van der Waals surface area (Å²) < 4.78 is 0. The molecule has 0 radical (unpaired) electrons. The number of hydrogen-bond acceptors (Lipinski definition) is 16. The second kappa shape index (κ2) is 40.9. The number of carboxylic acid groups (broad SMARTS) is 1. The Morgan fingerprint density at radius 1 is 0.424 bits per heavy atom. The van der Waals surface area contributed by atoms with Gasteiger partial charge in [-0.2, -0.15) is 0 Å². The third-order valence-electron chi connectivity index (χ3n) is 21.7. The number of aliphatic carboxylic acids is 1. The number of aromatic nitrogens is 3. The maximum Gasteiger partial charge on any atom is 0.326 e. The first-order valence-corrected chi connectivity index (χ1v) is 39.7. The Hall–Kier alpha value is -13.2. The lowest BCUT2D eigenvalue weighted by Gasteiger charge is -2.32. The number of hydrogen-bond donors (Lipinski definition) is 20. The Bertz CT molecular complexity index is 4940. The van der Waals surface area contributed by atoms with Crippen LogP contribution in [0.25, 0.3) is 32.7 Å². The molecule has 11 rings (SSSR count). The number of H-pyrrole nitrogens is 3. The zero-order valence-corrected chi connectivity index (χ0v) is 65.2. The fourth-order valence-electron chi connectivity index (χ4n) is 15.6. The van der Waals surface area contributed by atoms with Crippen LogP contribution < -0.4 is 70.4 Å². The molecule has 0 spiro atoms. The SMILES string of the molecule is N=C(N)NCCC[C@H](NC(=O)[C@H](Cc1ccccc1)NC(=O)[C@@H]1CCCN1C(=O)[C@H](CO)NC(=O)[C@H](Cc1ccccc1)NC(=O)CNC(=O)[C@@H]1CCCN1C(=O)[C@@H]1CCCN1C(=O)[C@@H](N)CCCNC(=N)N)C(=O)N[C@@H](Cc1c[nH]c2ccccc12)C(=O)N[C@@H](Cc1c[nH]c2ccccc12)C(=O)N[C@@H](Cc1c[nH]c2ccccc12)C(=O)O. The van der Waals surface area contributed by atoms with Crippen LogP contribution in [-0.4, -0.2) is 235 Å². The lowest BCUT2D eigenvalue weighted by molar-refractivity contribution is -0.147. The van der Waals surface area contributed by atoms with Crippen LogP contribution in [0.3, 0.4) is 0 Å². The molecule has 0 unspecified atom stereocenters. The first-order chi connectivity index (χ1) is 56.9. The molecule has 11 atom stereocenters. The number of para-hydroxylation sites is 3. The van der Waals surface area contributed by atoms with Gasteiger partial charge in [-0.1, -0.05) is 115 Å². The standard InChI is InChI=1S/C83H103N21O14/c84-56(25-13-33-89-82(85)86)78(114)104-37-17-32-69(104)80(116)103-36-15-30-67(103)76(112)94-46-70(106)95-61(38-48-18-3-1-4-19-48)72(108)101-66(47-105)79(115)102-35-16-31-68(102)77(113)99-62(39-49-20-5-2-6-21-49)73(109)96-60(29-14-34-90-83(87)88)71(107)97-63(40-50-43-91-57-26-10-7-22-53(50)57)74(110)98-64(41-51-44-92-58-27-11-8-23-54(51)58)75(111)100-65(81(117)118)42-52-45-93-59-28-12-9-24-55(52)59/h1-12,18-24,26-28,43-45,56,60-69,91-93,105H,13-17,25,29-42,46-47,84H2,(H,94,112)(H,95,106)(H,96,109)(H,97,107)(H,98,110)(H,99,113)(H,100,111)(H,101,108)(H,117,118)(H4,85,86,89)(H4,87,88,90)/t56-,60-,61-,62-,63-,64-,65-,66-,67-,68-,69-/m0/s1. The Morgan fingerprint density at radius 2 is 0.805 bits per heavy atom. The van der Waals surface area contributed by atoms with E-state index in [0.29, 0.717) is 77.5 Å². The van der Waals surface area contributed by atoms with E-state index in [9.17, 15) is 53.4 Å².